The summed E-state index contributed by atoms with van der Waals surface area (Å²) in [6.45, 7) is 0. The molecular formula is C12H8F6Fe. The van der Waals surface area contributed by atoms with Gasteiger partial charge in [0, 0.05) is 0 Å². The first-order valence-corrected chi connectivity index (χ1v) is 4.79. The van der Waals surface area contributed by atoms with Gasteiger partial charge >= 0.3 is 29.4 Å². The Kier molecular flexibility index (Phi) is 6.39. The monoisotopic (exact) mass is 322 g/mol. The van der Waals surface area contributed by atoms with Gasteiger partial charge in [-0.1, -0.05) is 11.1 Å². The largest absolute Gasteiger partial charge is 2.00 e. The molecule has 0 bridgehead atoms. The summed E-state index contributed by atoms with van der Waals surface area (Å²) >= 11 is 0. The molecule has 0 radical (unpaired) electrons. The molecule has 0 heterocycles. The van der Waals surface area contributed by atoms with E-state index in [1.807, 2.05) is 0 Å². The molecule has 0 N–H and O–H groups in total. The number of halogens is 6. The molecule has 7 heteroatoms. The smallest absolute Gasteiger partial charge is 0.213 e. The van der Waals surface area contributed by atoms with Crippen LogP contribution in [0.4, 0.5) is 26.3 Å². The third kappa shape index (κ3) is 5.98. The summed E-state index contributed by atoms with van der Waals surface area (Å²) in [5.41, 5.74) is -1.16. The Hall–Kier alpha value is -1.20. The van der Waals surface area contributed by atoms with Gasteiger partial charge in [0.05, 0.1) is 0 Å². The molecule has 0 nitrogen and oxygen atoms in total. The van der Waals surface area contributed by atoms with E-state index < -0.39 is 23.5 Å². The summed E-state index contributed by atoms with van der Waals surface area (Å²) in [4.78, 5) is 0. The van der Waals surface area contributed by atoms with Crippen molar-refractivity contribution >= 4 is 0 Å². The molecule has 0 amide bonds. The number of hydrogen-bond acceptors (Lipinski definition) is 0. The zero-order chi connectivity index (χ0) is 13.8. The van der Waals surface area contributed by atoms with E-state index in [2.05, 4.69) is 0 Å². The summed E-state index contributed by atoms with van der Waals surface area (Å²) in [5.74, 6) is 0. The van der Waals surface area contributed by atoms with E-state index in [-0.39, 0.29) is 17.1 Å². The van der Waals surface area contributed by atoms with Gasteiger partial charge in [0.15, 0.2) is 0 Å². The minimum Gasteiger partial charge on any atom is -0.213 e. The van der Waals surface area contributed by atoms with Crippen LogP contribution in [0.25, 0.3) is 0 Å². The molecule has 0 saturated carbocycles. The first kappa shape index (κ1) is 17.8. The number of rotatable bonds is 0. The fourth-order valence-electron chi connectivity index (χ4n) is 1.13. The molecule has 0 unspecified atom stereocenters. The van der Waals surface area contributed by atoms with E-state index in [1.165, 1.54) is 24.3 Å². The first-order chi connectivity index (χ1) is 8.21. The van der Waals surface area contributed by atoms with Crippen LogP contribution in [0.2, 0.25) is 0 Å². The quantitative estimate of drug-likeness (QED) is 0.370. The summed E-state index contributed by atoms with van der Waals surface area (Å²) in [7, 11) is 0. The van der Waals surface area contributed by atoms with Crippen molar-refractivity contribution in [3.05, 3.63) is 59.7 Å². The normalized spacial score (nSPS) is 11.3. The minimum absolute atomic E-state index is 0. The van der Waals surface area contributed by atoms with E-state index in [1.54, 1.807) is 0 Å². The van der Waals surface area contributed by atoms with Crippen LogP contribution in [-0.2, 0) is 29.4 Å². The maximum absolute atomic E-state index is 11.6. The molecule has 0 aromatic heterocycles. The average Bonchev–Trinajstić information content (AvgIpc) is 2.91. The van der Waals surface area contributed by atoms with Crippen LogP contribution in [0.15, 0.2) is 48.5 Å². The van der Waals surface area contributed by atoms with Crippen molar-refractivity contribution in [3.8, 4) is 0 Å². The molecule has 2 aromatic rings. The molecule has 19 heavy (non-hydrogen) atoms. The minimum atomic E-state index is -4.18. The van der Waals surface area contributed by atoms with Crippen LogP contribution in [-0.4, -0.2) is 0 Å². The molecule has 2 aromatic carbocycles. The Morgan fingerprint density at radius 1 is 0.684 bits per heavy atom. The van der Waals surface area contributed by atoms with Gasteiger partial charge in [0.25, 0.3) is 0 Å². The summed E-state index contributed by atoms with van der Waals surface area (Å²) in [6, 6.07) is 9.62. The fraction of sp³-hybridized carbons (Fsp3) is 0.167. The number of alkyl halides is 6. The van der Waals surface area contributed by atoms with Crippen LogP contribution in [0.1, 0.15) is 11.1 Å². The van der Waals surface area contributed by atoms with Crippen molar-refractivity contribution in [1.82, 2.24) is 0 Å². The molecule has 0 aliphatic rings. The van der Waals surface area contributed by atoms with Crippen LogP contribution >= 0.6 is 0 Å². The second kappa shape index (κ2) is 6.82. The van der Waals surface area contributed by atoms with Crippen molar-refractivity contribution in [2.24, 2.45) is 0 Å². The molecule has 0 fully saturated rings. The summed E-state index contributed by atoms with van der Waals surface area (Å²) in [5, 5.41) is 0. The zero-order valence-electron chi connectivity index (χ0n) is 9.24. The maximum atomic E-state index is 11.6. The third-order valence-electron chi connectivity index (χ3n) is 1.98. The summed E-state index contributed by atoms with van der Waals surface area (Å²) in [6.07, 6.45) is -8.35. The van der Waals surface area contributed by atoms with Gasteiger partial charge < -0.3 is 0 Å². The summed E-state index contributed by atoms with van der Waals surface area (Å²) < 4.78 is 69.7. The van der Waals surface area contributed by atoms with Gasteiger partial charge in [-0.15, -0.1) is 0 Å². The Morgan fingerprint density at radius 2 is 1.00 bits per heavy atom. The fourth-order valence-corrected chi connectivity index (χ4v) is 1.13. The van der Waals surface area contributed by atoms with Gasteiger partial charge in [-0.05, 0) is 0 Å². The Balaban J connectivity index is 0.000000324. The Labute approximate surface area is 116 Å². The number of hydrogen-bond donors (Lipinski definition) is 0. The predicted molar refractivity (Wildman–Crippen MR) is 54.1 cm³/mol. The topological polar surface area (TPSA) is 0 Å². The second-order valence-electron chi connectivity index (χ2n) is 3.34. The van der Waals surface area contributed by atoms with Gasteiger partial charge in [0.1, 0.15) is 0 Å². The van der Waals surface area contributed by atoms with Crippen LogP contribution in [0.3, 0.4) is 0 Å². The van der Waals surface area contributed by atoms with E-state index in [0.717, 1.165) is 24.3 Å². The molecule has 0 aliphatic carbocycles. The first-order valence-electron chi connectivity index (χ1n) is 4.79. The molecule has 106 valence electrons. The van der Waals surface area contributed by atoms with Gasteiger partial charge in [-0.3, -0.25) is 0 Å². The molecule has 2 rings (SSSR count). The van der Waals surface area contributed by atoms with Crippen molar-refractivity contribution in [1.29, 1.82) is 0 Å². The molecule has 0 atom stereocenters. The SMILES string of the molecule is FC(F)(F)c1ccc[cH-]1.FC(F)(F)c1ccc[cH-]1.[Fe+2]. The van der Waals surface area contributed by atoms with Crippen LogP contribution in [0.5, 0.6) is 0 Å². The van der Waals surface area contributed by atoms with Crippen molar-refractivity contribution in [2.75, 3.05) is 0 Å². The van der Waals surface area contributed by atoms with Crippen molar-refractivity contribution in [3.63, 3.8) is 0 Å². The predicted octanol–water partition coefficient (Wildman–Crippen LogP) is 4.85. The van der Waals surface area contributed by atoms with Gasteiger partial charge in [-0.25, -0.2) is 24.3 Å². The van der Waals surface area contributed by atoms with Gasteiger partial charge in [-0.2, -0.15) is 50.6 Å². The average molecular weight is 322 g/mol. The van der Waals surface area contributed by atoms with E-state index in [4.69, 9.17) is 0 Å². The van der Waals surface area contributed by atoms with Crippen molar-refractivity contribution in [2.45, 2.75) is 12.4 Å². The van der Waals surface area contributed by atoms with Crippen LogP contribution < -0.4 is 0 Å². The van der Waals surface area contributed by atoms with E-state index in [9.17, 15) is 26.3 Å². The second-order valence-corrected chi connectivity index (χ2v) is 3.34. The van der Waals surface area contributed by atoms with Crippen LogP contribution in [0, 0.1) is 0 Å². The standard InChI is InChI=1S/2C6H4F3.Fe/c2*7-6(8,9)5-3-1-2-4-5;/h2*1-4H;/q2*-1;+2. The maximum Gasteiger partial charge on any atom is 2.00 e. The van der Waals surface area contributed by atoms with E-state index >= 15 is 0 Å². The Bertz CT molecular complexity index is 391. The molecule has 0 aliphatic heterocycles. The molecule has 0 spiro atoms. The van der Waals surface area contributed by atoms with Crippen molar-refractivity contribution < 1.29 is 43.4 Å². The zero-order valence-corrected chi connectivity index (χ0v) is 10.3. The third-order valence-corrected chi connectivity index (χ3v) is 1.98. The molecule has 0 saturated heterocycles. The Morgan fingerprint density at radius 3 is 1.11 bits per heavy atom. The molecular weight excluding hydrogens is 314 g/mol. The van der Waals surface area contributed by atoms with Gasteiger partial charge in [0.2, 0.25) is 0 Å². The van der Waals surface area contributed by atoms with E-state index in [0.29, 0.717) is 0 Å².